The monoisotopic (exact) mass is 281 g/mol. The summed E-state index contributed by atoms with van der Waals surface area (Å²) in [4.78, 5) is 16.2. The zero-order valence-corrected chi connectivity index (χ0v) is 12.1. The van der Waals surface area contributed by atoms with E-state index in [4.69, 9.17) is 0 Å². The van der Waals surface area contributed by atoms with E-state index in [0.717, 1.165) is 31.9 Å². The Labute approximate surface area is 118 Å². The van der Waals surface area contributed by atoms with Gasteiger partial charge in [-0.3, -0.25) is 9.69 Å². The number of hydrogen-bond donors (Lipinski definition) is 2. The van der Waals surface area contributed by atoms with Gasteiger partial charge in [0.2, 0.25) is 5.43 Å². The predicted octanol–water partition coefficient (Wildman–Crippen LogP) is -0.318. The summed E-state index contributed by atoms with van der Waals surface area (Å²) in [6.45, 7) is 6.67. The van der Waals surface area contributed by atoms with E-state index >= 15 is 0 Å². The smallest absolute Gasteiger partial charge is 0.223 e. The number of aliphatic hydroxyl groups is 1. The van der Waals surface area contributed by atoms with Gasteiger partial charge in [0.1, 0.15) is 0 Å². The van der Waals surface area contributed by atoms with Crippen molar-refractivity contribution in [2.75, 3.05) is 33.2 Å². The molecule has 0 radical (unpaired) electrons. The molecule has 1 unspecified atom stereocenters. The van der Waals surface area contributed by atoms with Crippen LogP contribution in [-0.4, -0.2) is 63.9 Å². The molecule has 1 aliphatic heterocycles. The largest absolute Gasteiger partial charge is 0.503 e. The highest BCUT2D eigenvalue weighted by Crippen LogP contribution is 2.11. The number of likely N-dealkylation sites (N-methyl/N-ethyl adjacent to an activating group) is 1. The van der Waals surface area contributed by atoms with Gasteiger partial charge in [0.05, 0.1) is 12.3 Å². The summed E-state index contributed by atoms with van der Waals surface area (Å²) in [5, 5.41) is 19.1. The van der Waals surface area contributed by atoms with Crippen LogP contribution < -0.4 is 5.43 Å². The van der Waals surface area contributed by atoms with Gasteiger partial charge >= 0.3 is 0 Å². The molecule has 1 fully saturated rings. The summed E-state index contributed by atoms with van der Waals surface area (Å²) in [6, 6.07) is 1.47. The molecule has 6 heteroatoms. The molecule has 0 saturated carbocycles. The first kappa shape index (κ1) is 15.0. The van der Waals surface area contributed by atoms with Crippen molar-refractivity contribution in [2.45, 2.75) is 26.1 Å². The maximum Gasteiger partial charge on any atom is 0.223 e. The number of pyridine rings is 1. The lowest BCUT2D eigenvalue weighted by Crippen LogP contribution is -2.44. The highest BCUT2D eigenvalue weighted by molar-refractivity contribution is 5.20. The zero-order chi connectivity index (χ0) is 14.7. The molecule has 0 aromatic carbocycles. The SMILES string of the molecule is CC(O)Cn1cc(O)c(=O)cc1CN1CCN(C)CC1. The topological polar surface area (TPSA) is 68.9 Å². The van der Waals surface area contributed by atoms with Crippen LogP contribution in [0.15, 0.2) is 17.1 Å². The average Bonchev–Trinajstić information content (AvgIpc) is 2.37. The van der Waals surface area contributed by atoms with Crippen molar-refractivity contribution in [3.63, 3.8) is 0 Å². The van der Waals surface area contributed by atoms with Gasteiger partial charge in [-0.15, -0.1) is 0 Å². The lowest BCUT2D eigenvalue weighted by atomic mass is 10.2. The third-order valence-corrected chi connectivity index (χ3v) is 3.64. The van der Waals surface area contributed by atoms with Crippen LogP contribution >= 0.6 is 0 Å². The van der Waals surface area contributed by atoms with E-state index in [1.54, 1.807) is 11.5 Å². The highest BCUT2D eigenvalue weighted by atomic mass is 16.3. The fraction of sp³-hybridized carbons (Fsp3) is 0.643. The molecule has 1 aromatic heterocycles. The van der Waals surface area contributed by atoms with Crippen molar-refractivity contribution in [1.29, 1.82) is 0 Å². The molecule has 6 nitrogen and oxygen atoms in total. The number of piperazine rings is 1. The van der Waals surface area contributed by atoms with E-state index in [1.165, 1.54) is 12.3 Å². The van der Waals surface area contributed by atoms with E-state index in [1.807, 2.05) is 0 Å². The minimum Gasteiger partial charge on any atom is -0.503 e. The quantitative estimate of drug-likeness (QED) is 0.792. The molecular weight excluding hydrogens is 258 g/mol. The van der Waals surface area contributed by atoms with Gasteiger partial charge < -0.3 is 19.7 Å². The van der Waals surface area contributed by atoms with Crippen LogP contribution in [0.4, 0.5) is 0 Å². The number of aromatic nitrogens is 1. The molecule has 112 valence electrons. The average molecular weight is 281 g/mol. The molecule has 0 spiro atoms. The first-order valence-corrected chi connectivity index (χ1v) is 6.97. The van der Waals surface area contributed by atoms with E-state index < -0.39 is 6.10 Å². The van der Waals surface area contributed by atoms with Crippen LogP contribution in [-0.2, 0) is 13.1 Å². The molecule has 1 aromatic rings. The molecular formula is C14H23N3O3. The molecule has 1 atom stereocenters. The Kier molecular flexibility index (Phi) is 4.80. The Balaban J connectivity index is 2.16. The second kappa shape index (κ2) is 6.39. The fourth-order valence-electron chi connectivity index (χ4n) is 2.43. The minimum absolute atomic E-state index is 0.271. The zero-order valence-electron chi connectivity index (χ0n) is 12.1. The van der Waals surface area contributed by atoms with Gasteiger partial charge in [-0.25, -0.2) is 0 Å². The van der Waals surface area contributed by atoms with Crippen molar-refractivity contribution < 1.29 is 10.2 Å². The third-order valence-electron chi connectivity index (χ3n) is 3.64. The molecule has 20 heavy (non-hydrogen) atoms. The Hall–Kier alpha value is -1.37. The first-order valence-electron chi connectivity index (χ1n) is 6.97. The standard InChI is InChI=1S/C14H23N3O3/c1-11(18)8-17-10-14(20)13(19)7-12(17)9-16-5-3-15(2)4-6-16/h7,10-11,18,20H,3-6,8-9H2,1-2H3. The van der Waals surface area contributed by atoms with Crippen molar-refractivity contribution in [3.8, 4) is 5.75 Å². The molecule has 1 saturated heterocycles. The van der Waals surface area contributed by atoms with Gasteiger partial charge in [0.25, 0.3) is 0 Å². The summed E-state index contributed by atoms with van der Waals surface area (Å²) in [6.07, 6.45) is 0.892. The molecule has 1 aliphatic rings. The normalized spacial score (nSPS) is 19.1. The maximum absolute atomic E-state index is 11.6. The first-order chi connectivity index (χ1) is 9.45. The molecule has 2 rings (SSSR count). The molecule has 0 aliphatic carbocycles. The third kappa shape index (κ3) is 3.82. The summed E-state index contributed by atoms with van der Waals surface area (Å²) in [5.74, 6) is -0.271. The van der Waals surface area contributed by atoms with Crippen LogP contribution in [0.3, 0.4) is 0 Å². The van der Waals surface area contributed by atoms with Crippen LogP contribution in [0.25, 0.3) is 0 Å². The summed E-state index contributed by atoms with van der Waals surface area (Å²) >= 11 is 0. The number of aliphatic hydroxyl groups excluding tert-OH is 1. The lowest BCUT2D eigenvalue weighted by Gasteiger charge is -2.33. The van der Waals surface area contributed by atoms with Crippen LogP contribution in [0.5, 0.6) is 5.75 Å². The summed E-state index contributed by atoms with van der Waals surface area (Å²) in [7, 11) is 2.10. The summed E-state index contributed by atoms with van der Waals surface area (Å²) in [5.41, 5.74) is 0.467. The second-order valence-electron chi connectivity index (χ2n) is 5.60. The van der Waals surface area contributed by atoms with Gasteiger partial charge in [-0.05, 0) is 14.0 Å². The Bertz CT molecular complexity index is 505. The number of rotatable bonds is 4. The number of nitrogens with zero attached hydrogens (tertiary/aromatic N) is 3. The van der Waals surface area contributed by atoms with Crippen molar-refractivity contribution in [3.05, 3.63) is 28.2 Å². The van der Waals surface area contributed by atoms with E-state index in [-0.39, 0.29) is 11.2 Å². The van der Waals surface area contributed by atoms with E-state index in [0.29, 0.717) is 13.1 Å². The summed E-state index contributed by atoms with van der Waals surface area (Å²) < 4.78 is 1.76. The number of hydrogen-bond acceptors (Lipinski definition) is 5. The van der Waals surface area contributed by atoms with Crippen LogP contribution in [0.1, 0.15) is 12.6 Å². The van der Waals surface area contributed by atoms with Crippen molar-refractivity contribution in [1.82, 2.24) is 14.4 Å². The van der Waals surface area contributed by atoms with Crippen LogP contribution in [0, 0.1) is 0 Å². The van der Waals surface area contributed by atoms with Crippen molar-refractivity contribution >= 4 is 0 Å². The van der Waals surface area contributed by atoms with Gasteiger partial charge in [0, 0.05) is 51.0 Å². The predicted molar refractivity (Wildman–Crippen MR) is 76.8 cm³/mol. The fourth-order valence-corrected chi connectivity index (χ4v) is 2.43. The van der Waals surface area contributed by atoms with Gasteiger partial charge in [0.15, 0.2) is 5.75 Å². The van der Waals surface area contributed by atoms with Gasteiger partial charge in [-0.2, -0.15) is 0 Å². The van der Waals surface area contributed by atoms with E-state index in [9.17, 15) is 15.0 Å². The molecule has 2 N–H and O–H groups in total. The maximum atomic E-state index is 11.6. The minimum atomic E-state index is -0.525. The lowest BCUT2D eigenvalue weighted by molar-refractivity contribution is 0.140. The molecule has 0 amide bonds. The van der Waals surface area contributed by atoms with Crippen LogP contribution in [0.2, 0.25) is 0 Å². The molecule has 0 bridgehead atoms. The number of aromatic hydroxyl groups is 1. The van der Waals surface area contributed by atoms with Gasteiger partial charge in [-0.1, -0.05) is 0 Å². The highest BCUT2D eigenvalue weighted by Gasteiger charge is 2.16. The Morgan fingerprint density at radius 2 is 1.95 bits per heavy atom. The van der Waals surface area contributed by atoms with E-state index in [2.05, 4.69) is 16.8 Å². The Morgan fingerprint density at radius 3 is 2.55 bits per heavy atom. The molecule has 2 heterocycles. The second-order valence-corrected chi connectivity index (χ2v) is 5.60. The Morgan fingerprint density at radius 1 is 1.30 bits per heavy atom. The van der Waals surface area contributed by atoms with Crippen molar-refractivity contribution in [2.24, 2.45) is 0 Å².